The molecule has 3 rings (SSSR count). The number of ether oxygens (including phenoxy) is 1. The second-order valence-electron chi connectivity index (χ2n) is 4.78. The van der Waals surface area contributed by atoms with Crippen LogP contribution in [0.15, 0.2) is 30.7 Å². The molecule has 108 valence electrons. The number of hydrogen-bond donors (Lipinski definition) is 1. The first kappa shape index (κ1) is 13.4. The molecule has 1 N–H and O–H groups in total. The standard InChI is InChI=1S/C15H17N5O/c1-4-11-13(21-3)5-6-14(18-11)19-12-7-10(2)8-20-15(12)16-9-17-20/h5-9H,4H2,1-3H3,(H,18,19). The van der Waals surface area contributed by atoms with Crippen LogP contribution in [0.3, 0.4) is 0 Å². The van der Waals surface area contributed by atoms with Gasteiger partial charge in [0.25, 0.3) is 0 Å². The van der Waals surface area contributed by atoms with Gasteiger partial charge < -0.3 is 10.1 Å². The van der Waals surface area contributed by atoms with Crippen LogP contribution in [0.25, 0.3) is 5.65 Å². The molecule has 0 bridgehead atoms. The molecule has 0 spiro atoms. The number of pyridine rings is 2. The molecule has 3 aromatic rings. The van der Waals surface area contributed by atoms with Gasteiger partial charge in [-0.2, -0.15) is 5.10 Å². The van der Waals surface area contributed by atoms with Gasteiger partial charge in [0, 0.05) is 6.20 Å². The molecule has 0 aliphatic carbocycles. The molecular formula is C15H17N5O. The summed E-state index contributed by atoms with van der Waals surface area (Å²) >= 11 is 0. The van der Waals surface area contributed by atoms with Gasteiger partial charge in [0.05, 0.1) is 18.5 Å². The largest absolute Gasteiger partial charge is 0.495 e. The van der Waals surface area contributed by atoms with Crippen molar-refractivity contribution in [1.82, 2.24) is 19.6 Å². The maximum atomic E-state index is 5.30. The molecule has 0 atom stereocenters. The Bertz CT molecular complexity index is 781. The highest BCUT2D eigenvalue weighted by Gasteiger charge is 2.08. The van der Waals surface area contributed by atoms with Crippen LogP contribution in [-0.4, -0.2) is 26.7 Å². The number of methoxy groups -OCH3 is 1. The van der Waals surface area contributed by atoms with Crippen LogP contribution >= 0.6 is 0 Å². The van der Waals surface area contributed by atoms with Crippen molar-refractivity contribution in [2.24, 2.45) is 0 Å². The van der Waals surface area contributed by atoms with Crippen molar-refractivity contribution >= 4 is 17.2 Å². The minimum atomic E-state index is 0.767. The maximum absolute atomic E-state index is 5.30. The van der Waals surface area contributed by atoms with E-state index >= 15 is 0 Å². The molecule has 0 radical (unpaired) electrons. The van der Waals surface area contributed by atoms with Crippen LogP contribution in [0.2, 0.25) is 0 Å². The summed E-state index contributed by atoms with van der Waals surface area (Å²) in [6, 6.07) is 5.85. The highest BCUT2D eigenvalue weighted by atomic mass is 16.5. The zero-order valence-corrected chi connectivity index (χ0v) is 12.3. The Morgan fingerprint density at radius 3 is 2.95 bits per heavy atom. The molecule has 6 heteroatoms. The molecule has 0 amide bonds. The summed E-state index contributed by atoms with van der Waals surface area (Å²) in [5, 5.41) is 7.48. The number of aromatic nitrogens is 4. The van der Waals surface area contributed by atoms with Crippen LogP contribution < -0.4 is 10.1 Å². The molecule has 3 heterocycles. The Balaban J connectivity index is 2.00. The smallest absolute Gasteiger partial charge is 0.178 e. The zero-order chi connectivity index (χ0) is 14.8. The molecule has 0 saturated carbocycles. The molecular weight excluding hydrogens is 266 g/mol. The summed E-state index contributed by atoms with van der Waals surface area (Å²) in [6.45, 7) is 4.07. The van der Waals surface area contributed by atoms with Gasteiger partial charge in [-0.25, -0.2) is 14.5 Å². The van der Waals surface area contributed by atoms with Crippen LogP contribution in [-0.2, 0) is 6.42 Å². The fourth-order valence-electron chi connectivity index (χ4n) is 2.29. The van der Waals surface area contributed by atoms with Crippen molar-refractivity contribution in [3.63, 3.8) is 0 Å². The number of hydrogen-bond acceptors (Lipinski definition) is 5. The van der Waals surface area contributed by atoms with Gasteiger partial charge in [-0.05, 0) is 37.1 Å². The average molecular weight is 283 g/mol. The SMILES string of the molecule is CCc1nc(Nc2cc(C)cn3ncnc23)ccc1OC. The molecule has 0 saturated heterocycles. The van der Waals surface area contributed by atoms with Crippen molar-refractivity contribution < 1.29 is 4.74 Å². The van der Waals surface area contributed by atoms with Crippen molar-refractivity contribution in [2.45, 2.75) is 20.3 Å². The average Bonchev–Trinajstić information content (AvgIpc) is 2.95. The Hall–Kier alpha value is -2.63. The monoisotopic (exact) mass is 283 g/mol. The number of aryl methyl sites for hydroxylation is 2. The third kappa shape index (κ3) is 2.52. The second kappa shape index (κ2) is 5.40. The summed E-state index contributed by atoms with van der Waals surface area (Å²) in [5.74, 6) is 1.57. The number of rotatable bonds is 4. The van der Waals surface area contributed by atoms with Gasteiger partial charge in [0.15, 0.2) is 5.65 Å². The Morgan fingerprint density at radius 2 is 2.19 bits per heavy atom. The first-order valence-electron chi connectivity index (χ1n) is 6.82. The van der Waals surface area contributed by atoms with Gasteiger partial charge in [0.1, 0.15) is 17.9 Å². The van der Waals surface area contributed by atoms with Gasteiger partial charge in [-0.15, -0.1) is 0 Å². The van der Waals surface area contributed by atoms with Crippen LogP contribution in [0.4, 0.5) is 11.5 Å². The van der Waals surface area contributed by atoms with Gasteiger partial charge in [-0.3, -0.25) is 0 Å². The molecule has 3 aromatic heterocycles. The molecule has 6 nitrogen and oxygen atoms in total. The number of anilines is 2. The van der Waals surface area contributed by atoms with E-state index in [9.17, 15) is 0 Å². The summed E-state index contributed by atoms with van der Waals surface area (Å²) in [5.41, 5.74) is 3.68. The quantitative estimate of drug-likeness (QED) is 0.797. The lowest BCUT2D eigenvalue weighted by molar-refractivity contribution is 0.407. The Kier molecular flexibility index (Phi) is 3.43. The van der Waals surface area contributed by atoms with E-state index < -0.39 is 0 Å². The summed E-state index contributed by atoms with van der Waals surface area (Å²) in [7, 11) is 1.66. The first-order valence-corrected chi connectivity index (χ1v) is 6.82. The topological polar surface area (TPSA) is 64.3 Å². The van der Waals surface area contributed by atoms with Gasteiger partial charge in [0.2, 0.25) is 0 Å². The number of fused-ring (bicyclic) bond motifs is 1. The molecule has 0 aliphatic heterocycles. The van der Waals surface area contributed by atoms with Gasteiger partial charge >= 0.3 is 0 Å². The van der Waals surface area contributed by atoms with E-state index in [1.54, 1.807) is 18.0 Å². The zero-order valence-electron chi connectivity index (χ0n) is 12.3. The van der Waals surface area contributed by atoms with Crippen molar-refractivity contribution in [2.75, 3.05) is 12.4 Å². The first-order chi connectivity index (χ1) is 10.2. The number of nitrogens with zero attached hydrogens (tertiary/aromatic N) is 4. The highest BCUT2D eigenvalue weighted by molar-refractivity contribution is 5.72. The van der Waals surface area contributed by atoms with E-state index in [1.807, 2.05) is 31.3 Å². The molecule has 0 unspecified atom stereocenters. The van der Waals surface area contributed by atoms with E-state index in [2.05, 4.69) is 27.3 Å². The summed E-state index contributed by atoms with van der Waals surface area (Å²) in [4.78, 5) is 8.85. The van der Waals surface area contributed by atoms with Crippen LogP contribution in [0, 0.1) is 6.92 Å². The van der Waals surface area contributed by atoms with E-state index in [0.29, 0.717) is 0 Å². The maximum Gasteiger partial charge on any atom is 0.178 e. The highest BCUT2D eigenvalue weighted by Crippen LogP contribution is 2.24. The third-order valence-corrected chi connectivity index (χ3v) is 3.26. The van der Waals surface area contributed by atoms with Gasteiger partial charge in [-0.1, -0.05) is 6.92 Å². The van der Waals surface area contributed by atoms with E-state index in [4.69, 9.17) is 4.74 Å². The third-order valence-electron chi connectivity index (χ3n) is 3.26. The Labute approximate surface area is 122 Å². The van der Waals surface area contributed by atoms with E-state index in [0.717, 1.165) is 40.6 Å². The summed E-state index contributed by atoms with van der Waals surface area (Å²) in [6.07, 6.45) is 4.29. The normalized spacial score (nSPS) is 10.8. The fraction of sp³-hybridized carbons (Fsp3) is 0.267. The lowest BCUT2D eigenvalue weighted by Crippen LogP contribution is -2.01. The lowest BCUT2D eigenvalue weighted by Gasteiger charge is -2.11. The van der Waals surface area contributed by atoms with Crippen molar-refractivity contribution in [3.8, 4) is 5.75 Å². The molecule has 0 aromatic carbocycles. The summed E-state index contributed by atoms with van der Waals surface area (Å²) < 4.78 is 7.05. The predicted octanol–water partition coefficient (Wildman–Crippen LogP) is 2.75. The van der Waals surface area contributed by atoms with Crippen molar-refractivity contribution in [1.29, 1.82) is 0 Å². The minimum Gasteiger partial charge on any atom is -0.495 e. The molecule has 0 aliphatic rings. The fourth-order valence-corrected chi connectivity index (χ4v) is 2.29. The Morgan fingerprint density at radius 1 is 1.33 bits per heavy atom. The van der Waals surface area contributed by atoms with Crippen molar-refractivity contribution in [3.05, 3.63) is 42.0 Å². The van der Waals surface area contributed by atoms with Crippen LogP contribution in [0.1, 0.15) is 18.2 Å². The molecule has 0 fully saturated rings. The second-order valence-corrected chi connectivity index (χ2v) is 4.78. The molecule has 21 heavy (non-hydrogen) atoms. The predicted molar refractivity (Wildman–Crippen MR) is 81.2 cm³/mol. The van der Waals surface area contributed by atoms with E-state index in [1.165, 1.54) is 0 Å². The lowest BCUT2D eigenvalue weighted by atomic mass is 10.2. The van der Waals surface area contributed by atoms with Crippen LogP contribution in [0.5, 0.6) is 5.75 Å². The number of nitrogens with one attached hydrogen (secondary N) is 1. The van der Waals surface area contributed by atoms with E-state index in [-0.39, 0.29) is 0 Å². The minimum absolute atomic E-state index is 0.767.